The fourth-order valence-corrected chi connectivity index (χ4v) is 4.29. The molecule has 0 aromatic heterocycles. The van der Waals surface area contributed by atoms with Gasteiger partial charge in [0.25, 0.3) is 0 Å². The number of Topliss-reactive ketones (excluding diaryl/α,β-unsaturated/α-hetero) is 1. The molecule has 0 saturated heterocycles. The first kappa shape index (κ1) is 16.0. The smallest absolute Gasteiger partial charge is 0.155 e. The second kappa shape index (κ2) is 6.17. The van der Waals surface area contributed by atoms with Gasteiger partial charge in [-0.3, -0.25) is 4.79 Å². The van der Waals surface area contributed by atoms with Crippen LogP contribution in [0.25, 0.3) is 0 Å². The lowest BCUT2D eigenvalue weighted by Crippen LogP contribution is -2.42. The zero-order valence-electron chi connectivity index (χ0n) is 13.7. The Morgan fingerprint density at radius 3 is 2.25 bits per heavy atom. The van der Waals surface area contributed by atoms with Crippen LogP contribution in [0.2, 0.25) is 0 Å². The Bertz CT molecular complexity index is 331. The van der Waals surface area contributed by atoms with Crippen LogP contribution in [-0.2, 0) is 4.79 Å². The van der Waals surface area contributed by atoms with Crippen molar-refractivity contribution >= 4 is 5.78 Å². The van der Waals surface area contributed by atoms with Crippen molar-refractivity contribution in [1.82, 2.24) is 0 Å². The zero-order valence-corrected chi connectivity index (χ0v) is 13.7. The predicted molar refractivity (Wildman–Crippen MR) is 84.5 cm³/mol. The summed E-state index contributed by atoms with van der Waals surface area (Å²) in [5, 5.41) is 0. The standard InChI is InChI=1S/C18H33NO/c1-4-17(2,3)16(20)15(19)13-14-7-11-18(12-8-14)9-5-6-10-18/h14-15H,4-13,19H2,1-3H3. The molecule has 0 aliphatic heterocycles. The van der Waals surface area contributed by atoms with E-state index in [1.165, 1.54) is 51.4 Å². The Balaban J connectivity index is 1.81. The Morgan fingerprint density at radius 1 is 1.20 bits per heavy atom. The average molecular weight is 279 g/mol. The van der Waals surface area contributed by atoms with Gasteiger partial charge in [-0.2, -0.15) is 0 Å². The predicted octanol–water partition coefficient (Wildman–Crippen LogP) is 4.46. The van der Waals surface area contributed by atoms with Gasteiger partial charge >= 0.3 is 0 Å². The van der Waals surface area contributed by atoms with E-state index >= 15 is 0 Å². The molecule has 2 saturated carbocycles. The number of ketones is 1. The summed E-state index contributed by atoms with van der Waals surface area (Å²) in [6.07, 6.45) is 12.9. The van der Waals surface area contributed by atoms with Crippen LogP contribution in [0.15, 0.2) is 0 Å². The number of nitrogens with two attached hydrogens (primary N) is 1. The van der Waals surface area contributed by atoms with E-state index in [1.54, 1.807) is 0 Å². The van der Waals surface area contributed by atoms with E-state index in [0.717, 1.165) is 12.8 Å². The molecule has 0 heterocycles. The van der Waals surface area contributed by atoms with Crippen LogP contribution in [0.1, 0.15) is 85.0 Å². The van der Waals surface area contributed by atoms with E-state index in [-0.39, 0.29) is 17.2 Å². The van der Waals surface area contributed by atoms with Crippen molar-refractivity contribution in [1.29, 1.82) is 0 Å². The number of hydrogen-bond acceptors (Lipinski definition) is 2. The first-order chi connectivity index (χ1) is 9.38. The Kier molecular flexibility index (Phi) is 4.94. The van der Waals surface area contributed by atoms with Crippen LogP contribution in [-0.4, -0.2) is 11.8 Å². The number of carbonyl (C=O) groups excluding carboxylic acids is 1. The Morgan fingerprint density at radius 2 is 1.75 bits per heavy atom. The summed E-state index contributed by atoms with van der Waals surface area (Å²) < 4.78 is 0. The lowest BCUT2D eigenvalue weighted by atomic mass is 9.67. The number of hydrogen-bond donors (Lipinski definition) is 1. The summed E-state index contributed by atoms with van der Waals surface area (Å²) in [5.74, 6) is 0.953. The minimum Gasteiger partial charge on any atom is -0.321 e. The molecule has 0 radical (unpaired) electrons. The minimum atomic E-state index is -0.249. The van der Waals surface area contributed by atoms with E-state index in [0.29, 0.717) is 11.3 Å². The van der Waals surface area contributed by atoms with Crippen molar-refractivity contribution < 1.29 is 4.79 Å². The fraction of sp³-hybridized carbons (Fsp3) is 0.944. The molecule has 0 amide bonds. The van der Waals surface area contributed by atoms with E-state index in [4.69, 9.17) is 5.73 Å². The average Bonchev–Trinajstić information content (AvgIpc) is 2.89. The van der Waals surface area contributed by atoms with Crippen molar-refractivity contribution in [2.24, 2.45) is 22.5 Å². The summed E-state index contributed by atoms with van der Waals surface area (Å²) in [6.45, 7) is 6.14. The van der Waals surface area contributed by atoms with Gasteiger partial charge in [0.05, 0.1) is 6.04 Å². The lowest BCUT2D eigenvalue weighted by Gasteiger charge is -2.38. The molecule has 2 aliphatic carbocycles. The lowest BCUT2D eigenvalue weighted by molar-refractivity contribution is -0.129. The Labute approximate surface area is 124 Å². The molecule has 2 rings (SSSR count). The highest BCUT2D eigenvalue weighted by atomic mass is 16.1. The number of rotatable bonds is 5. The summed E-state index contributed by atoms with van der Waals surface area (Å²) in [7, 11) is 0. The normalized spacial score (nSPS) is 25.0. The maximum Gasteiger partial charge on any atom is 0.155 e. The fourth-order valence-electron chi connectivity index (χ4n) is 4.29. The van der Waals surface area contributed by atoms with Gasteiger partial charge < -0.3 is 5.73 Å². The topological polar surface area (TPSA) is 43.1 Å². The molecule has 1 atom stereocenters. The first-order valence-corrected chi connectivity index (χ1v) is 8.68. The maximum atomic E-state index is 12.4. The molecule has 1 spiro atoms. The molecule has 116 valence electrons. The SMILES string of the molecule is CCC(C)(C)C(=O)C(N)CC1CCC2(CCCC2)CC1. The maximum absolute atomic E-state index is 12.4. The van der Waals surface area contributed by atoms with Crippen LogP contribution in [0.3, 0.4) is 0 Å². The molecular formula is C18H33NO. The van der Waals surface area contributed by atoms with E-state index in [9.17, 15) is 4.79 Å². The minimum absolute atomic E-state index is 0.243. The van der Waals surface area contributed by atoms with Crippen molar-refractivity contribution in [3.05, 3.63) is 0 Å². The second-order valence-electron chi connectivity index (χ2n) is 8.09. The highest BCUT2D eigenvalue weighted by Crippen LogP contribution is 2.50. The van der Waals surface area contributed by atoms with Crippen LogP contribution < -0.4 is 5.73 Å². The van der Waals surface area contributed by atoms with Gasteiger partial charge in [0, 0.05) is 5.41 Å². The Hall–Kier alpha value is -0.370. The molecular weight excluding hydrogens is 246 g/mol. The second-order valence-corrected chi connectivity index (χ2v) is 8.09. The van der Waals surface area contributed by atoms with Gasteiger partial charge in [0.15, 0.2) is 5.78 Å². The van der Waals surface area contributed by atoms with Gasteiger partial charge in [-0.15, -0.1) is 0 Å². The van der Waals surface area contributed by atoms with E-state index < -0.39 is 0 Å². The zero-order chi connectivity index (χ0) is 14.8. The van der Waals surface area contributed by atoms with Crippen LogP contribution in [0.4, 0.5) is 0 Å². The third kappa shape index (κ3) is 3.44. The first-order valence-electron chi connectivity index (χ1n) is 8.68. The summed E-state index contributed by atoms with van der Waals surface area (Å²) in [5.41, 5.74) is 6.64. The van der Waals surface area contributed by atoms with Crippen molar-refractivity contribution in [3.63, 3.8) is 0 Å². The van der Waals surface area contributed by atoms with Crippen LogP contribution in [0, 0.1) is 16.7 Å². The molecule has 0 bridgehead atoms. The third-order valence-electron chi connectivity index (χ3n) is 6.30. The molecule has 0 aromatic rings. The van der Waals surface area contributed by atoms with Crippen molar-refractivity contribution in [2.45, 2.75) is 91.0 Å². The van der Waals surface area contributed by atoms with Gasteiger partial charge in [0.1, 0.15) is 0 Å². The molecule has 2 nitrogen and oxygen atoms in total. The van der Waals surface area contributed by atoms with E-state index in [1.807, 2.05) is 13.8 Å². The summed E-state index contributed by atoms with van der Waals surface area (Å²) in [6, 6.07) is -0.243. The van der Waals surface area contributed by atoms with Gasteiger partial charge in [-0.1, -0.05) is 33.6 Å². The highest BCUT2D eigenvalue weighted by molar-refractivity contribution is 5.88. The molecule has 2 aliphatic rings. The molecule has 20 heavy (non-hydrogen) atoms. The van der Waals surface area contributed by atoms with Crippen molar-refractivity contribution in [2.75, 3.05) is 0 Å². The summed E-state index contributed by atoms with van der Waals surface area (Å²) >= 11 is 0. The largest absolute Gasteiger partial charge is 0.321 e. The molecule has 0 aromatic carbocycles. The molecule has 2 N–H and O–H groups in total. The third-order valence-corrected chi connectivity index (χ3v) is 6.30. The molecule has 1 unspecified atom stereocenters. The monoisotopic (exact) mass is 279 g/mol. The molecule has 2 fully saturated rings. The van der Waals surface area contributed by atoms with Gasteiger partial charge in [-0.05, 0) is 62.7 Å². The highest BCUT2D eigenvalue weighted by Gasteiger charge is 2.39. The van der Waals surface area contributed by atoms with Crippen molar-refractivity contribution in [3.8, 4) is 0 Å². The van der Waals surface area contributed by atoms with Crippen LogP contribution >= 0.6 is 0 Å². The van der Waals surface area contributed by atoms with E-state index in [2.05, 4.69) is 6.92 Å². The van der Waals surface area contributed by atoms with Crippen LogP contribution in [0.5, 0.6) is 0 Å². The summed E-state index contributed by atoms with van der Waals surface area (Å²) in [4.78, 5) is 12.4. The van der Waals surface area contributed by atoms with Gasteiger partial charge in [0.2, 0.25) is 0 Å². The quantitative estimate of drug-likeness (QED) is 0.807. The molecule has 2 heteroatoms. The number of carbonyl (C=O) groups is 1. The van der Waals surface area contributed by atoms with Gasteiger partial charge in [-0.25, -0.2) is 0 Å².